The molecule has 0 aliphatic carbocycles. The summed E-state index contributed by atoms with van der Waals surface area (Å²) in [6.07, 6.45) is 1.58. The van der Waals surface area contributed by atoms with E-state index in [9.17, 15) is 4.79 Å². The van der Waals surface area contributed by atoms with Gasteiger partial charge in [0.25, 0.3) is 0 Å². The topological polar surface area (TPSA) is 74.9 Å². The number of piperazine rings is 1. The molecule has 0 bridgehead atoms. The zero-order valence-electron chi connectivity index (χ0n) is 19.2. The second kappa shape index (κ2) is 9.93. The summed E-state index contributed by atoms with van der Waals surface area (Å²) in [7, 11) is 1.64. The van der Waals surface area contributed by atoms with Crippen molar-refractivity contribution in [1.82, 2.24) is 15.0 Å². The highest BCUT2D eigenvalue weighted by Gasteiger charge is 2.32. The summed E-state index contributed by atoms with van der Waals surface area (Å²) < 4.78 is 10.7. The molecule has 2 saturated heterocycles. The Hall–Kier alpha value is -3.26. The van der Waals surface area contributed by atoms with Gasteiger partial charge in [-0.15, -0.1) is 0 Å². The Labute approximate surface area is 204 Å². The Bertz CT molecular complexity index is 1100. The molecule has 8 nitrogen and oxygen atoms in total. The van der Waals surface area contributed by atoms with Crippen molar-refractivity contribution in [3.63, 3.8) is 0 Å². The van der Waals surface area contributed by atoms with E-state index in [1.807, 2.05) is 53.4 Å². The highest BCUT2D eigenvalue weighted by atomic mass is 35.5. The van der Waals surface area contributed by atoms with E-state index in [2.05, 4.69) is 19.9 Å². The van der Waals surface area contributed by atoms with Crippen LogP contribution in [0.3, 0.4) is 0 Å². The molecule has 0 radical (unpaired) electrons. The van der Waals surface area contributed by atoms with Crippen LogP contribution in [0.1, 0.15) is 12.8 Å². The van der Waals surface area contributed by atoms with Crippen molar-refractivity contribution in [1.29, 1.82) is 0 Å². The summed E-state index contributed by atoms with van der Waals surface area (Å²) in [4.78, 5) is 24.1. The lowest BCUT2D eigenvalue weighted by molar-refractivity contribution is -0.136. The summed E-state index contributed by atoms with van der Waals surface area (Å²) in [6, 6.07) is 16.0. The second-order valence-corrected chi connectivity index (χ2v) is 9.12. The number of methoxy groups -OCH3 is 1. The van der Waals surface area contributed by atoms with Crippen LogP contribution in [0, 0.1) is 5.92 Å². The fraction of sp³-hybridized carbons (Fsp3) is 0.400. The minimum atomic E-state index is 0.0438. The standard InChI is InChI=1S/C25H28ClN5O3/c1-33-22-8-2-18(3-9-22)23-27-25(34-28-23)31-12-10-19(11-13-31)24(32)30-16-14-29(15-17-30)21-6-4-20(26)5-7-21/h2-9,19H,10-17H2,1H3. The minimum Gasteiger partial charge on any atom is -0.497 e. The zero-order chi connectivity index (χ0) is 23.5. The van der Waals surface area contributed by atoms with Gasteiger partial charge in [0, 0.05) is 61.5 Å². The highest BCUT2D eigenvalue weighted by Crippen LogP contribution is 2.27. The van der Waals surface area contributed by atoms with Crippen LogP contribution in [-0.2, 0) is 4.79 Å². The molecule has 2 aromatic carbocycles. The summed E-state index contributed by atoms with van der Waals surface area (Å²) in [6.45, 7) is 4.62. The van der Waals surface area contributed by atoms with Gasteiger partial charge in [0.1, 0.15) is 5.75 Å². The van der Waals surface area contributed by atoms with Crippen molar-refractivity contribution >= 4 is 29.2 Å². The Kier molecular flexibility index (Phi) is 6.58. The van der Waals surface area contributed by atoms with Crippen LogP contribution in [0.15, 0.2) is 53.1 Å². The van der Waals surface area contributed by atoms with Crippen molar-refractivity contribution in [2.75, 3.05) is 56.2 Å². The third-order valence-corrected chi connectivity index (χ3v) is 6.91. The first kappa shape index (κ1) is 22.5. The molecular weight excluding hydrogens is 454 g/mol. The summed E-state index contributed by atoms with van der Waals surface area (Å²) >= 11 is 6.00. The first-order valence-electron chi connectivity index (χ1n) is 11.6. The maximum absolute atomic E-state index is 13.1. The quantitative estimate of drug-likeness (QED) is 0.546. The summed E-state index contributed by atoms with van der Waals surface area (Å²) in [5, 5.41) is 4.86. The van der Waals surface area contributed by atoms with Crippen LogP contribution in [0.25, 0.3) is 11.4 Å². The number of anilines is 2. The smallest absolute Gasteiger partial charge is 0.324 e. The second-order valence-electron chi connectivity index (χ2n) is 8.68. The number of benzene rings is 2. The van der Waals surface area contributed by atoms with Crippen molar-refractivity contribution < 1.29 is 14.1 Å². The van der Waals surface area contributed by atoms with Crippen molar-refractivity contribution in [2.24, 2.45) is 5.92 Å². The number of rotatable bonds is 5. The molecule has 0 spiro atoms. The molecule has 2 aliphatic rings. The monoisotopic (exact) mass is 481 g/mol. The molecule has 0 atom stereocenters. The van der Waals surface area contributed by atoms with Gasteiger partial charge in [0.15, 0.2) is 0 Å². The number of aromatic nitrogens is 2. The van der Waals surface area contributed by atoms with E-state index < -0.39 is 0 Å². The predicted molar refractivity (Wildman–Crippen MR) is 131 cm³/mol. The summed E-state index contributed by atoms with van der Waals surface area (Å²) in [5.41, 5.74) is 2.02. The van der Waals surface area contributed by atoms with Gasteiger partial charge in [-0.2, -0.15) is 4.98 Å². The average molecular weight is 482 g/mol. The van der Waals surface area contributed by atoms with Crippen LogP contribution in [0.4, 0.5) is 11.7 Å². The van der Waals surface area contributed by atoms with Crippen molar-refractivity contribution in [2.45, 2.75) is 12.8 Å². The molecule has 0 saturated carbocycles. The van der Waals surface area contributed by atoms with E-state index in [-0.39, 0.29) is 11.8 Å². The fourth-order valence-electron chi connectivity index (χ4n) is 4.61. The number of piperidine rings is 1. The SMILES string of the molecule is COc1ccc(-c2noc(N3CCC(C(=O)N4CCN(c5ccc(Cl)cc5)CC4)CC3)n2)cc1. The normalized spacial score (nSPS) is 17.2. The van der Waals surface area contributed by atoms with Crippen LogP contribution in [0.5, 0.6) is 5.75 Å². The third-order valence-electron chi connectivity index (χ3n) is 6.66. The number of carbonyl (C=O) groups excluding carboxylic acids is 1. The lowest BCUT2D eigenvalue weighted by Gasteiger charge is -2.39. The molecule has 0 unspecified atom stereocenters. The first-order valence-corrected chi connectivity index (χ1v) is 12.0. The third kappa shape index (κ3) is 4.82. The molecule has 34 heavy (non-hydrogen) atoms. The molecule has 2 fully saturated rings. The molecule has 1 aromatic heterocycles. The van der Waals surface area contributed by atoms with Gasteiger partial charge in [-0.3, -0.25) is 4.79 Å². The number of halogens is 1. The van der Waals surface area contributed by atoms with E-state index in [4.69, 9.17) is 20.9 Å². The Morgan fingerprint density at radius 3 is 2.26 bits per heavy atom. The number of carbonyl (C=O) groups is 1. The Morgan fingerprint density at radius 1 is 0.941 bits per heavy atom. The lowest BCUT2D eigenvalue weighted by atomic mass is 9.95. The molecule has 1 amide bonds. The number of ether oxygens (including phenoxy) is 1. The van der Waals surface area contributed by atoms with E-state index in [1.54, 1.807) is 7.11 Å². The largest absolute Gasteiger partial charge is 0.497 e. The maximum Gasteiger partial charge on any atom is 0.324 e. The van der Waals surface area contributed by atoms with E-state index >= 15 is 0 Å². The highest BCUT2D eigenvalue weighted by molar-refractivity contribution is 6.30. The molecule has 3 heterocycles. The lowest BCUT2D eigenvalue weighted by Crippen LogP contribution is -2.51. The molecule has 3 aromatic rings. The molecule has 5 rings (SSSR count). The van der Waals surface area contributed by atoms with E-state index in [0.717, 1.165) is 74.1 Å². The predicted octanol–water partition coefficient (Wildman–Crippen LogP) is 3.96. The zero-order valence-corrected chi connectivity index (χ0v) is 19.9. The van der Waals surface area contributed by atoms with Gasteiger partial charge in [-0.25, -0.2) is 0 Å². The Morgan fingerprint density at radius 2 is 1.62 bits per heavy atom. The minimum absolute atomic E-state index is 0.0438. The average Bonchev–Trinajstić information content (AvgIpc) is 3.39. The van der Waals surface area contributed by atoms with E-state index in [0.29, 0.717) is 11.8 Å². The summed E-state index contributed by atoms with van der Waals surface area (Å²) in [5.74, 6) is 1.64. The fourth-order valence-corrected chi connectivity index (χ4v) is 4.74. The maximum atomic E-state index is 13.1. The van der Waals surface area contributed by atoms with Gasteiger partial charge < -0.3 is 24.0 Å². The van der Waals surface area contributed by atoms with Crippen molar-refractivity contribution in [3.05, 3.63) is 53.6 Å². The number of hydrogen-bond acceptors (Lipinski definition) is 7. The molecule has 0 N–H and O–H groups in total. The van der Waals surface area contributed by atoms with Gasteiger partial charge >= 0.3 is 6.01 Å². The van der Waals surface area contributed by atoms with Gasteiger partial charge in [0.2, 0.25) is 11.7 Å². The molecule has 2 aliphatic heterocycles. The van der Waals surface area contributed by atoms with Gasteiger partial charge in [-0.05, 0) is 61.4 Å². The number of amides is 1. The molecular formula is C25H28ClN5O3. The molecule has 178 valence electrons. The first-order chi connectivity index (χ1) is 16.6. The van der Waals surface area contributed by atoms with Crippen LogP contribution in [0.2, 0.25) is 5.02 Å². The Balaban J connectivity index is 1.12. The van der Waals surface area contributed by atoms with Gasteiger partial charge in [0.05, 0.1) is 7.11 Å². The van der Waals surface area contributed by atoms with Crippen LogP contribution in [-0.4, -0.2) is 67.3 Å². The molecule has 9 heteroatoms. The van der Waals surface area contributed by atoms with Crippen LogP contribution < -0.4 is 14.5 Å². The number of nitrogens with zero attached hydrogens (tertiary/aromatic N) is 5. The van der Waals surface area contributed by atoms with Crippen LogP contribution >= 0.6 is 11.6 Å². The number of hydrogen-bond donors (Lipinski definition) is 0. The van der Waals surface area contributed by atoms with Gasteiger partial charge in [-0.1, -0.05) is 16.8 Å². The van der Waals surface area contributed by atoms with E-state index in [1.165, 1.54) is 0 Å². The van der Waals surface area contributed by atoms with Crippen molar-refractivity contribution in [3.8, 4) is 17.1 Å².